The molecular weight excluding hydrogens is 573 g/mol. The lowest BCUT2D eigenvalue weighted by Gasteiger charge is -2.32. The number of alkyl halides is 3. The van der Waals surface area contributed by atoms with Gasteiger partial charge in [0.25, 0.3) is 5.91 Å². The van der Waals surface area contributed by atoms with Gasteiger partial charge >= 0.3 is 6.18 Å². The number of nitrogen functional groups attached to an aromatic ring is 1. The third kappa shape index (κ3) is 4.65. The fourth-order valence-corrected chi connectivity index (χ4v) is 5.50. The number of nitrogens with zero attached hydrogens (tertiary/aromatic N) is 3. The summed E-state index contributed by atoms with van der Waals surface area (Å²) < 4.78 is 82.5. The van der Waals surface area contributed by atoms with Crippen molar-refractivity contribution in [1.82, 2.24) is 19.9 Å². The summed E-state index contributed by atoms with van der Waals surface area (Å²) in [4.78, 5) is 27.9. The topological polar surface area (TPSA) is 152 Å². The number of methoxy groups -OCH3 is 1. The van der Waals surface area contributed by atoms with Crippen molar-refractivity contribution in [1.29, 1.82) is 5.41 Å². The van der Waals surface area contributed by atoms with E-state index in [1.807, 2.05) is 0 Å². The number of pyridine rings is 1. The van der Waals surface area contributed by atoms with Crippen LogP contribution in [0.1, 0.15) is 52.8 Å². The molecule has 0 radical (unpaired) electrons. The van der Waals surface area contributed by atoms with Gasteiger partial charge in [0.15, 0.2) is 22.2 Å². The molecular formula is C25H22F5N7O3S. The number of nitrogens with one attached hydrogen (secondary N) is 3. The number of anilines is 1. The first-order chi connectivity index (χ1) is 19.3. The zero-order valence-electron chi connectivity index (χ0n) is 21.6. The summed E-state index contributed by atoms with van der Waals surface area (Å²) in [6.45, 7) is 2.16. The first-order valence-corrected chi connectivity index (χ1v) is 12.9. The van der Waals surface area contributed by atoms with Crippen LogP contribution in [0.5, 0.6) is 5.75 Å². The quantitative estimate of drug-likeness (QED) is 0.138. The molecule has 10 nitrogen and oxygen atoms in total. The summed E-state index contributed by atoms with van der Waals surface area (Å²) in [5.41, 5.74) is 2.97. The molecule has 0 aliphatic carbocycles. The van der Waals surface area contributed by atoms with Gasteiger partial charge in [-0.25, -0.2) is 19.3 Å². The van der Waals surface area contributed by atoms with Gasteiger partial charge < -0.3 is 25.5 Å². The predicted molar refractivity (Wildman–Crippen MR) is 138 cm³/mol. The highest BCUT2D eigenvalue weighted by Gasteiger charge is 2.65. The molecule has 1 saturated heterocycles. The van der Waals surface area contributed by atoms with Crippen molar-refractivity contribution < 1.29 is 36.2 Å². The fourth-order valence-electron chi connectivity index (χ4n) is 4.97. The number of fused-ring (bicyclic) bond motifs is 1. The predicted octanol–water partition coefficient (Wildman–Crippen LogP) is 5.05. The summed E-state index contributed by atoms with van der Waals surface area (Å²) in [6.07, 6.45) is -4.87. The van der Waals surface area contributed by atoms with Gasteiger partial charge in [-0.15, -0.1) is 11.3 Å². The smallest absolute Gasteiger partial charge is 0.417 e. The SMILES string of the molecule is COc1c([C@H]2[C@H](c3nc4c(C(=N)N)nc(NC(=O)c5nccs5)cc4[nH]3)O[C@@](C)(C(F)(F)F)[C@H]2C)ccc(F)c1F. The molecule has 1 fully saturated rings. The molecule has 16 heteroatoms. The standard InChI is InChI=1S/C25H22F5N7O3S/c1-9-14(10-4-5-11(26)15(27)18(10)39-3)19(40-24(9,2)25(28,29)30)21-34-12-8-13(35-17(20(31)32)16(12)37-21)36-22(38)23-33-6-7-41-23/h4-9,14,19H,1-3H3,(H3,31,32)(H,34,37)(H,35,36,38)/t9-,14-,19+,24+/m0/s1. The number of nitrogens with two attached hydrogens (primary N) is 1. The van der Waals surface area contributed by atoms with Crippen LogP contribution in [0.4, 0.5) is 27.8 Å². The number of H-pyrrole nitrogens is 1. The molecule has 3 aromatic heterocycles. The Balaban J connectivity index is 1.65. The van der Waals surface area contributed by atoms with E-state index in [1.165, 1.54) is 19.2 Å². The number of carbonyl (C=O) groups excluding carboxylic acids is 1. The first kappa shape index (κ1) is 28.4. The number of halogens is 5. The van der Waals surface area contributed by atoms with Gasteiger partial charge in [-0.3, -0.25) is 10.2 Å². The summed E-state index contributed by atoms with van der Waals surface area (Å²) >= 11 is 1.08. The van der Waals surface area contributed by atoms with Crippen molar-refractivity contribution in [2.75, 3.05) is 12.4 Å². The summed E-state index contributed by atoms with van der Waals surface area (Å²) in [6, 6.07) is 3.31. The van der Waals surface area contributed by atoms with Crippen molar-refractivity contribution in [3.05, 3.63) is 63.5 Å². The number of aromatic nitrogens is 4. The van der Waals surface area contributed by atoms with E-state index in [0.29, 0.717) is 0 Å². The molecule has 0 spiro atoms. The molecule has 0 saturated carbocycles. The second kappa shape index (κ2) is 10.0. The van der Waals surface area contributed by atoms with Crippen LogP contribution in [0, 0.1) is 23.0 Å². The zero-order chi connectivity index (χ0) is 29.9. The van der Waals surface area contributed by atoms with Crippen molar-refractivity contribution >= 4 is 39.9 Å². The molecule has 1 aliphatic heterocycles. The van der Waals surface area contributed by atoms with Crippen molar-refractivity contribution in [3.63, 3.8) is 0 Å². The number of imidazole rings is 1. The van der Waals surface area contributed by atoms with Gasteiger partial charge in [0.05, 0.1) is 12.6 Å². The maximum absolute atomic E-state index is 14.7. The highest BCUT2D eigenvalue weighted by atomic mass is 32.1. The maximum atomic E-state index is 14.7. The van der Waals surface area contributed by atoms with E-state index in [2.05, 4.69) is 25.3 Å². The van der Waals surface area contributed by atoms with Gasteiger partial charge in [-0.1, -0.05) is 13.0 Å². The van der Waals surface area contributed by atoms with Gasteiger partial charge in [0.1, 0.15) is 34.8 Å². The molecule has 41 heavy (non-hydrogen) atoms. The van der Waals surface area contributed by atoms with Crippen LogP contribution in [0.2, 0.25) is 0 Å². The lowest BCUT2D eigenvalue weighted by molar-refractivity contribution is -0.275. The van der Waals surface area contributed by atoms with Crippen molar-refractivity contribution in [2.24, 2.45) is 11.7 Å². The minimum atomic E-state index is -4.85. The van der Waals surface area contributed by atoms with E-state index in [0.717, 1.165) is 37.5 Å². The second-order valence-electron chi connectivity index (χ2n) is 9.52. The number of amides is 1. The minimum absolute atomic E-state index is 0.0209. The minimum Gasteiger partial charge on any atom is -0.493 e. The average Bonchev–Trinajstić information content (AvgIpc) is 3.64. The number of rotatable bonds is 6. The number of thiazole rings is 1. The maximum Gasteiger partial charge on any atom is 0.417 e. The molecule has 1 aliphatic rings. The third-order valence-electron chi connectivity index (χ3n) is 7.19. The molecule has 4 heterocycles. The fraction of sp³-hybridized carbons (Fsp3) is 0.320. The van der Waals surface area contributed by atoms with Gasteiger partial charge in [0.2, 0.25) is 5.82 Å². The summed E-state index contributed by atoms with van der Waals surface area (Å²) in [7, 11) is 1.08. The van der Waals surface area contributed by atoms with E-state index in [-0.39, 0.29) is 38.9 Å². The van der Waals surface area contributed by atoms with Crippen LogP contribution in [0.15, 0.2) is 29.8 Å². The number of hydrogen-bond acceptors (Lipinski definition) is 8. The van der Waals surface area contributed by atoms with Gasteiger partial charge in [-0.05, 0) is 13.0 Å². The lowest BCUT2D eigenvalue weighted by atomic mass is 9.77. The van der Waals surface area contributed by atoms with Crippen molar-refractivity contribution in [3.8, 4) is 5.75 Å². The Morgan fingerprint density at radius 1 is 1.29 bits per heavy atom. The Kier molecular flexibility index (Phi) is 6.93. The molecule has 1 amide bonds. The molecule has 4 atom stereocenters. The number of aromatic amines is 1. The molecule has 5 rings (SSSR count). The molecule has 0 unspecified atom stereocenters. The van der Waals surface area contributed by atoms with E-state index < -0.39 is 58.8 Å². The van der Waals surface area contributed by atoms with Gasteiger partial charge in [-0.2, -0.15) is 17.6 Å². The molecule has 5 N–H and O–H groups in total. The Morgan fingerprint density at radius 2 is 2.02 bits per heavy atom. The van der Waals surface area contributed by atoms with Crippen LogP contribution >= 0.6 is 11.3 Å². The Morgan fingerprint density at radius 3 is 2.63 bits per heavy atom. The second-order valence-corrected chi connectivity index (χ2v) is 10.4. The monoisotopic (exact) mass is 595 g/mol. The first-order valence-electron chi connectivity index (χ1n) is 12.0. The lowest BCUT2D eigenvalue weighted by Crippen LogP contribution is -2.46. The van der Waals surface area contributed by atoms with Crippen LogP contribution in [0.25, 0.3) is 11.0 Å². The number of hydrogen-bond donors (Lipinski definition) is 4. The van der Waals surface area contributed by atoms with E-state index in [1.54, 1.807) is 5.38 Å². The normalized spacial score (nSPS) is 22.7. The van der Waals surface area contributed by atoms with E-state index in [9.17, 15) is 26.7 Å². The number of ether oxygens (including phenoxy) is 2. The van der Waals surface area contributed by atoms with Crippen LogP contribution in [0.3, 0.4) is 0 Å². The van der Waals surface area contributed by atoms with Crippen molar-refractivity contribution in [2.45, 2.75) is 37.6 Å². The molecule has 216 valence electrons. The zero-order valence-corrected chi connectivity index (χ0v) is 22.4. The van der Waals surface area contributed by atoms with Crippen LogP contribution in [-0.2, 0) is 4.74 Å². The Bertz CT molecular complexity index is 1660. The Labute approximate surface area is 232 Å². The molecule has 0 bridgehead atoms. The Hall–Kier alpha value is -4.18. The number of carbonyl (C=O) groups is 1. The average molecular weight is 596 g/mol. The largest absolute Gasteiger partial charge is 0.493 e. The number of benzene rings is 1. The summed E-state index contributed by atoms with van der Waals surface area (Å²) in [5.74, 6) is -6.95. The summed E-state index contributed by atoms with van der Waals surface area (Å²) in [5, 5.41) is 12.2. The third-order valence-corrected chi connectivity index (χ3v) is 7.96. The van der Waals surface area contributed by atoms with E-state index >= 15 is 0 Å². The molecule has 4 aromatic rings. The van der Waals surface area contributed by atoms with Crippen LogP contribution in [-0.4, -0.2) is 50.6 Å². The van der Waals surface area contributed by atoms with E-state index in [4.69, 9.17) is 20.6 Å². The highest BCUT2D eigenvalue weighted by molar-refractivity contribution is 7.11. The number of amidine groups is 1. The molecule has 1 aromatic carbocycles. The highest BCUT2D eigenvalue weighted by Crippen LogP contribution is 2.59. The van der Waals surface area contributed by atoms with Gasteiger partial charge in [0, 0.05) is 35.0 Å². The van der Waals surface area contributed by atoms with Crippen LogP contribution < -0.4 is 15.8 Å².